The van der Waals surface area contributed by atoms with Crippen molar-refractivity contribution in [3.8, 4) is 0 Å². The molecule has 0 unspecified atom stereocenters. The van der Waals surface area contributed by atoms with Gasteiger partial charge in [0.1, 0.15) is 0 Å². The van der Waals surface area contributed by atoms with Gasteiger partial charge in [0.15, 0.2) is 0 Å². The molecule has 5 N–H and O–H groups in total. The Kier molecular flexibility index (Phi) is 5.44. The van der Waals surface area contributed by atoms with Crippen molar-refractivity contribution in [1.29, 1.82) is 0 Å². The van der Waals surface area contributed by atoms with Gasteiger partial charge < -0.3 is 21.5 Å². The lowest BCUT2D eigenvalue weighted by Gasteiger charge is -2.08. The first-order valence-corrected chi connectivity index (χ1v) is 4.07. The van der Waals surface area contributed by atoms with E-state index in [1.807, 2.05) is 0 Å². The second-order valence-corrected chi connectivity index (χ2v) is 3.03. The zero-order valence-electron chi connectivity index (χ0n) is 7.53. The largest absolute Gasteiger partial charge is 0.392 e. The van der Waals surface area contributed by atoms with E-state index in [-0.39, 0.29) is 24.9 Å². The Morgan fingerprint density at radius 1 is 1.57 bits per heavy atom. The van der Waals surface area contributed by atoms with Crippen LogP contribution in [0.3, 0.4) is 0 Å². The van der Waals surface area contributed by atoms with Crippen LogP contribution in [0.2, 0.25) is 0 Å². The van der Waals surface area contributed by atoms with Gasteiger partial charge >= 0.3 is 0 Å². The zero-order chi connectivity index (χ0) is 9.84. The summed E-state index contributed by atoms with van der Waals surface area (Å²) in [7, 11) is 0. The molecular formula is C7H14ClN3O3. The number of hydrogen-bond donors (Lipinski definition) is 4. The van der Waals surface area contributed by atoms with E-state index in [2.05, 4.69) is 10.6 Å². The Morgan fingerprint density at radius 3 is 2.64 bits per heavy atom. The second-order valence-electron chi connectivity index (χ2n) is 3.03. The number of aliphatic hydroxyl groups is 1. The Hall–Kier alpha value is -0.850. The summed E-state index contributed by atoms with van der Waals surface area (Å²) in [4.78, 5) is 21.5. The van der Waals surface area contributed by atoms with Gasteiger partial charge in [0, 0.05) is 6.54 Å². The average Bonchev–Trinajstić information content (AvgIpc) is 2.47. The summed E-state index contributed by atoms with van der Waals surface area (Å²) >= 11 is 0. The number of nitrogens with two attached hydrogens (primary N) is 1. The molecule has 1 aliphatic rings. The highest BCUT2D eigenvalue weighted by molar-refractivity contribution is 5.87. The first kappa shape index (κ1) is 13.2. The van der Waals surface area contributed by atoms with Gasteiger partial charge in [0.2, 0.25) is 11.8 Å². The SMILES string of the molecule is Cl.NC(=O)CNC(=O)[C@H]1C[C@@H](O)CN1. The number of rotatable bonds is 3. The fraction of sp³-hybridized carbons (Fsp3) is 0.714. The molecule has 1 heterocycles. The standard InChI is InChI=1S/C7H13N3O3.ClH/c8-6(12)3-10-7(13)5-1-4(11)2-9-5;/h4-5,9,11H,1-3H2,(H2,8,12)(H,10,13);1H/t4-,5-;/m1./s1. The van der Waals surface area contributed by atoms with Crippen LogP contribution in [0, 0.1) is 0 Å². The van der Waals surface area contributed by atoms with Gasteiger partial charge in [0.25, 0.3) is 0 Å². The number of halogens is 1. The van der Waals surface area contributed by atoms with Crippen LogP contribution in [-0.4, -0.2) is 42.2 Å². The maximum atomic E-state index is 11.2. The summed E-state index contributed by atoms with van der Waals surface area (Å²) in [5.41, 5.74) is 4.84. The molecule has 14 heavy (non-hydrogen) atoms. The van der Waals surface area contributed by atoms with Crippen LogP contribution in [0.4, 0.5) is 0 Å². The number of nitrogens with one attached hydrogen (secondary N) is 2. The fourth-order valence-electron chi connectivity index (χ4n) is 1.21. The summed E-state index contributed by atoms with van der Waals surface area (Å²) in [6.07, 6.45) is -0.103. The lowest BCUT2D eigenvalue weighted by atomic mass is 10.2. The summed E-state index contributed by atoms with van der Waals surface area (Å²) in [6, 6.07) is -0.408. The third-order valence-corrected chi connectivity index (χ3v) is 1.86. The van der Waals surface area contributed by atoms with Crippen molar-refractivity contribution in [3.63, 3.8) is 0 Å². The summed E-state index contributed by atoms with van der Waals surface area (Å²) in [5, 5.41) is 14.3. The minimum atomic E-state index is -0.577. The van der Waals surface area contributed by atoms with Crippen LogP contribution < -0.4 is 16.4 Å². The Morgan fingerprint density at radius 2 is 2.21 bits per heavy atom. The molecule has 0 saturated carbocycles. The molecule has 1 rings (SSSR count). The molecule has 1 aliphatic heterocycles. The van der Waals surface area contributed by atoms with Crippen molar-refractivity contribution in [2.45, 2.75) is 18.6 Å². The van der Waals surface area contributed by atoms with Gasteiger partial charge in [-0.15, -0.1) is 12.4 Å². The number of hydrogen-bond acceptors (Lipinski definition) is 4. The van der Waals surface area contributed by atoms with E-state index in [4.69, 9.17) is 10.8 Å². The molecular weight excluding hydrogens is 210 g/mol. The highest BCUT2D eigenvalue weighted by Crippen LogP contribution is 2.05. The first-order chi connectivity index (χ1) is 6.09. The molecule has 2 amide bonds. The molecule has 6 nitrogen and oxygen atoms in total. The number of β-amino-alcohol motifs (C(OH)–C–C–N with tert-alkyl or cyclic N) is 1. The Bertz CT molecular complexity index is 224. The van der Waals surface area contributed by atoms with E-state index in [9.17, 15) is 9.59 Å². The van der Waals surface area contributed by atoms with Crippen LogP contribution in [0.15, 0.2) is 0 Å². The molecule has 82 valence electrons. The van der Waals surface area contributed by atoms with Crippen LogP contribution in [0.5, 0.6) is 0 Å². The topological polar surface area (TPSA) is 104 Å². The minimum absolute atomic E-state index is 0. The van der Waals surface area contributed by atoms with Crippen LogP contribution in [0.1, 0.15) is 6.42 Å². The molecule has 0 radical (unpaired) electrons. The molecule has 0 spiro atoms. The predicted octanol–water partition coefficient (Wildman–Crippen LogP) is -2.27. The number of aliphatic hydroxyl groups excluding tert-OH is 1. The average molecular weight is 224 g/mol. The molecule has 0 bridgehead atoms. The normalized spacial score (nSPS) is 25.2. The van der Waals surface area contributed by atoms with Crippen LogP contribution in [-0.2, 0) is 9.59 Å². The van der Waals surface area contributed by atoms with Crippen molar-refractivity contribution in [3.05, 3.63) is 0 Å². The first-order valence-electron chi connectivity index (χ1n) is 4.07. The van der Waals surface area contributed by atoms with E-state index in [1.165, 1.54) is 0 Å². The molecule has 0 aromatic heterocycles. The zero-order valence-corrected chi connectivity index (χ0v) is 8.34. The lowest BCUT2D eigenvalue weighted by molar-refractivity contribution is -0.126. The smallest absolute Gasteiger partial charge is 0.237 e. The van der Waals surface area contributed by atoms with Crippen LogP contribution >= 0.6 is 12.4 Å². The molecule has 0 aromatic rings. The van der Waals surface area contributed by atoms with E-state index in [1.54, 1.807) is 0 Å². The summed E-state index contributed by atoms with van der Waals surface area (Å²) in [6.45, 7) is 0.252. The third-order valence-electron chi connectivity index (χ3n) is 1.86. The fourth-order valence-corrected chi connectivity index (χ4v) is 1.21. The molecule has 0 aliphatic carbocycles. The van der Waals surface area contributed by atoms with Gasteiger partial charge in [-0.2, -0.15) is 0 Å². The van der Waals surface area contributed by atoms with Gasteiger partial charge in [-0.3, -0.25) is 9.59 Å². The Balaban J connectivity index is 0.00000169. The van der Waals surface area contributed by atoms with Gasteiger partial charge in [-0.1, -0.05) is 0 Å². The van der Waals surface area contributed by atoms with Gasteiger partial charge in [-0.25, -0.2) is 0 Å². The van der Waals surface area contributed by atoms with Crippen molar-refractivity contribution in [2.24, 2.45) is 5.73 Å². The molecule has 7 heteroatoms. The Labute approximate surface area is 87.6 Å². The van der Waals surface area contributed by atoms with Crippen molar-refractivity contribution < 1.29 is 14.7 Å². The minimum Gasteiger partial charge on any atom is -0.392 e. The second kappa shape index (κ2) is 5.79. The van der Waals surface area contributed by atoms with E-state index >= 15 is 0 Å². The van der Waals surface area contributed by atoms with E-state index in [0.717, 1.165) is 0 Å². The van der Waals surface area contributed by atoms with E-state index in [0.29, 0.717) is 13.0 Å². The number of carbonyl (C=O) groups excluding carboxylic acids is 2. The maximum absolute atomic E-state index is 11.2. The molecule has 1 fully saturated rings. The van der Waals surface area contributed by atoms with Crippen molar-refractivity contribution in [1.82, 2.24) is 10.6 Å². The maximum Gasteiger partial charge on any atom is 0.237 e. The predicted molar refractivity (Wildman–Crippen MR) is 51.9 cm³/mol. The molecule has 1 saturated heterocycles. The summed E-state index contributed by atoms with van der Waals surface area (Å²) in [5.74, 6) is -0.873. The van der Waals surface area contributed by atoms with Gasteiger partial charge in [-0.05, 0) is 6.42 Å². The lowest BCUT2D eigenvalue weighted by Crippen LogP contribution is -2.43. The molecule has 0 aromatic carbocycles. The monoisotopic (exact) mass is 223 g/mol. The number of carbonyl (C=O) groups is 2. The number of primary amides is 1. The highest BCUT2D eigenvalue weighted by Gasteiger charge is 2.27. The van der Waals surface area contributed by atoms with Crippen molar-refractivity contribution >= 4 is 24.2 Å². The summed E-state index contributed by atoms with van der Waals surface area (Å²) < 4.78 is 0. The number of amides is 2. The quantitative estimate of drug-likeness (QED) is 0.433. The van der Waals surface area contributed by atoms with Gasteiger partial charge in [0.05, 0.1) is 18.7 Å². The van der Waals surface area contributed by atoms with Crippen molar-refractivity contribution in [2.75, 3.05) is 13.1 Å². The van der Waals surface area contributed by atoms with E-state index < -0.39 is 18.1 Å². The highest BCUT2D eigenvalue weighted by atomic mass is 35.5. The van der Waals surface area contributed by atoms with Crippen LogP contribution in [0.25, 0.3) is 0 Å². The molecule has 2 atom stereocenters. The third kappa shape index (κ3) is 3.91.